The predicted molar refractivity (Wildman–Crippen MR) is 139 cm³/mol. The lowest BCUT2D eigenvalue weighted by molar-refractivity contribution is 0.174. The number of ether oxygens (including phenoxy) is 2. The second kappa shape index (κ2) is 11.7. The second-order valence-electron chi connectivity index (χ2n) is 8.89. The van der Waals surface area contributed by atoms with E-state index in [0.29, 0.717) is 36.6 Å². The number of anilines is 1. The number of halogens is 1. The van der Waals surface area contributed by atoms with Crippen LogP contribution in [0.15, 0.2) is 47.1 Å². The van der Waals surface area contributed by atoms with Gasteiger partial charge in [0.1, 0.15) is 13.2 Å². The highest BCUT2D eigenvalue weighted by atomic mass is 35.5. The lowest BCUT2D eigenvalue weighted by Crippen LogP contribution is -2.23. The number of hydrogen-bond donors (Lipinski definition) is 0. The maximum Gasteiger partial charge on any atom is 0.213 e. The zero-order valence-corrected chi connectivity index (χ0v) is 21.9. The van der Waals surface area contributed by atoms with Crippen molar-refractivity contribution in [1.29, 1.82) is 0 Å². The zero-order valence-electron chi connectivity index (χ0n) is 21.1. The maximum absolute atomic E-state index is 6.31. The third-order valence-electron chi connectivity index (χ3n) is 6.06. The molecule has 7 nitrogen and oxygen atoms in total. The smallest absolute Gasteiger partial charge is 0.213 e. The first-order valence-corrected chi connectivity index (χ1v) is 12.2. The lowest BCUT2D eigenvalue weighted by atomic mass is 10.1. The number of unbranched alkanes of at least 4 members (excludes halogenated alkanes) is 1. The van der Waals surface area contributed by atoms with E-state index >= 15 is 0 Å². The van der Waals surface area contributed by atoms with Crippen molar-refractivity contribution in [3.8, 4) is 11.4 Å². The molecule has 0 radical (unpaired) electrons. The zero-order chi connectivity index (χ0) is 24.8. The van der Waals surface area contributed by atoms with E-state index in [2.05, 4.69) is 61.0 Å². The van der Waals surface area contributed by atoms with Crippen LogP contribution in [0.2, 0.25) is 5.02 Å². The fourth-order valence-electron chi connectivity index (χ4n) is 3.95. The van der Waals surface area contributed by atoms with E-state index < -0.39 is 0 Å². The van der Waals surface area contributed by atoms with Gasteiger partial charge in [-0.3, -0.25) is 0 Å². The van der Waals surface area contributed by atoms with E-state index in [1.54, 1.807) is 7.11 Å². The molecule has 34 heavy (non-hydrogen) atoms. The topological polar surface area (TPSA) is 64.8 Å². The van der Waals surface area contributed by atoms with Crippen molar-refractivity contribution in [2.24, 2.45) is 10.9 Å². The summed E-state index contributed by atoms with van der Waals surface area (Å²) in [6.45, 7) is 13.7. The Morgan fingerprint density at radius 1 is 1.35 bits per heavy atom. The molecule has 0 amide bonds. The van der Waals surface area contributed by atoms with Gasteiger partial charge in [-0.25, -0.2) is 4.99 Å². The Balaban J connectivity index is 0.000000588. The van der Waals surface area contributed by atoms with Gasteiger partial charge in [-0.1, -0.05) is 44.9 Å². The van der Waals surface area contributed by atoms with Crippen molar-refractivity contribution in [2.75, 3.05) is 25.7 Å². The molecule has 1 atom stereocenters. The number of aromatic nitrogens is 3. The molecule has 8 heteroatoms. The quantitative estimate of drug-likeness (QED) is 0.477. The molecule has 0 aliphatic carbocycles. The Hall–Kier alpha value is -2.64. The third-order valence-corrected chi connectivity index (χ3v) is 6.30. The van der Waals surface area contributed by atoms with E-state index in [-0.39, 0.29) is 6.04 Å². The molecule has 1 unspecified atom stereocenters. The summed E-state index contributed by atoms with van der Waals surface area (Å²) >= 11 is 6.31. The van der Waals surface area contributed by atoms with Crippen molar-refractivity contribution in [3.05, 3.63) is 53.0 Å². The van der Waals surface area contributed by atoms with E-state index in [9.17, 15) is 0 Å². The van der Waals surface area contributed by atoms with Gasteiger partial charge in [0.25, 0.3) is 0 Å². The van der Waals surface area contributed by atoms with Gasteiger partial charge in [-0.05, 0) is 37.5 Å². The van der Waals surface area contributed by atoms with Crippen LogP contribution >= 0.6 is 11.6 Å². The normalized spacial score (nSPS) is 18.3. The van der Waals surface area contributed by atoms with Crippen LogP contribution in [0.4, 0.5) is 5.69 Å². The summed E-state index contributed by atoms with van der Waals surface area (Å²) < 4.78 is 13.4. The van der Waals surface area contributed by atoms with Crippen LogP contribution in [0.5, 0.6) is 0 Å². The van der Waals surface area contributed by atoms with Crippen LogP contribution in [-0.2, 0) is 22.6 Å². The summed E-state index contributed by atoms with van der Waals surface area (Å²) in [4.78, 5) is 6.99. The van der Waals surface area contributed by atoms with Crippen molar-refractivity contribution in [3.63, 3.8) is 0 Å². The van der Waals surface area contributed by atoms with Gasteiger partial charge in [-0.2, -0.15) is 0 Å². The Bertz CT molecular complexity index is 1070. The number of allylic oxidation sites excluding steroid dienone is 2. The van der Waals surface area contributed by atoms with Crippen LogP contribution in [0.3, 0.4) is 0 Å². The largest absolute Gasteiger partial charge is 0.475 e. The molecule has 3 heterocycles. The van der Waals surface area contributed by atoms with E-state index in [4.69, 9.17) is 26.1 Å². The van der Waals surface area contributed by atoms with E-state index in [1.807, 2.05) is 24.3 Å². The molecule has 2 aliphatic heterocycles. The molecule has 184 valence electrons. The summed E-state index contributed by atoms with van der Waals surface area (Å²) in [6.07, 6.45) is 4.31. The van der Waals surface area contributed by atoms with Gasteiger partial charge >= 0.3 is 0 Å². The predicted octanol–water partition coefficient (Wildman–Crippen LogP) is 5.89. The maximum atomic E-state index is 6.31. The first-order chi connectivity index (χ1) is 16.3. The fraction of sp³-hybridized carbons (Fsp3) is 0.500. The highest BCUT2D eigenvalue weighted by Crippen LogP contribution is 2.38. The summed E-state index contributed by atoms with van der Waals surface area (Å²) in [5, 5.41) is 9.45. The average Bonchev–Trinajstić information content (AvgIpc) is 3.43. The highest BCUT2D eigenvalue weighted by molar-refractivity contribution is 6.31. The van der Waals surface area contributed by atoms with E-state index in [0.717, 1.165) is 40.6 Å². The van der Waals surface area contributed by atoms with Gasteiger partial charge < -0.3 is 18.9 Å². The van der Waals surface area contributed by atoms with Crippen molar-refractivity contribution < 1.29 is 9.47 Å². The molecule has 0 N–H and O–H groups in total. The Kier molecular flexibility index (Phi) is 8.91. The molecule has 0 fully saturated rings. The molecule has 0 spiro atoms. The lowest BCUT2D eigenvalue weighted by Gasteiger charge is -2.24. The molecule has 4 rings (SSSR count). The molecule has 2 aliphatic rings. The summed E-state index contributed by atoms with van der Waals surface area (Å²) in [5.74, 6) is 2.70. The second-order valence-corrected chi connectivity index (χ2v) is 9.32. The molecule has 1 aromatic heterocycles. The number of likely N-dealkylation sites (N-methyl/N-ethyl adjacent to an activating group) is 1. The van der Waals surface area contributed by atoms with Gasteiger partial charge in [0, 0.05) is 36.0 Å². The molecule has 0 bridgehead atoms. The number of aliphatic imine (C=N–C) groups is 1. The van der Waals surface area contributed by atoms with Crippen LogP contribution in [0.1, 0.15) is 46.4 Å². The monoisotopic (exact) mass is 485 g/mol. The van der Waals surface area contributed by atoms with Crippen LogP contribution in [0, 0.1) is 5.92 Å². The Morgan fingerprint density at radius 3 is 2.71 bits per heavy atom. The Morgan fingerprint density at radius 2 is 2.12 bits per heavy atom. The molecular weight excluding hydrogens is 450 g/mol. The average molecular weight is 486 g/mol. The summed E-state index contributed by atoms with van der Waals surface area (Å²) in [5.41, 5.74) is 4.04. The first kappa shape index (κ1) is 26.0. The number of nitrogens with zero attached hydrogens (tertiary/aromatic N) is 5. The van der Waals surface area contributed by atoms with Crippen LogP contribution in [-0.4, -0.2) is 47.5 Å². The number of hydrogen-bond acceptors (Lipinski definition) is 6. The van der Waals surface area contributed by atoms with Crippen molar-refractivity contribution >= 4 is 23.2 Å². The summed E-state index contributed by atoms with van der Waals surface area (Å²) in [6, 6.07) is 6.03. The molecule has 1 aromatic carbocycles. The van der Waals surface area contributed by atoms with Crippen LogP contribution < -0.4 is 4.90 Å². The number of benzene rings is 1. The third kappa shape index (κ3) is 5.53. The number of methoxy groups -OCH3 is 1. The van der Waals surface area contributed by atoms with Crippen LogP contribution in [0.25, 0.3) is 11.4 Å². The molecule has 2 aromatic rings. The SMILES string of the molecule is C=CCCC.COCc1nnc2n1C/C(=C(/C)C1=NC(C(C)C)CO1)N(C)c1ccc(Cl)cc1-2. The summed E-state index contributed by atoms with van der Waals surface area (Å²) in [7, 11) is 3.71. The molecule has 0 saturated heterocycles. The highest BCUT2D eigenvalue weighted by Gasteiger charge is 2.30. The van der Waals surface area contributed by atoms with Crippen molar-refractivity contribution in [1.82, 2.24) is 14.8 Å². The van der Waals surface area contributed by atoms with E-state index in [1.165, 1.54) is 6.42 Å². The van der Waals surface area contributed by atoms with Gasteiger partial charge in [-0.15, -0.1) is 16.8 Å². The number of fused-ring (bicyclic) bond motifs is 3. The fourth-order valence-corrected chi connectivity index (χ4v) is 4.12. The van der Waals surface area contributed by atoms with Gasteiger partial charge in [0.2, 0.25) is 5.90 Å². The van der Waals surface area contributed by atoms with Gasteiger partial charge in [0.05, 0.1) is 18.3 Å². The number of rotatable bonds is 6. The Labute approximate surface area is 208 Å². The van der Waals surface area contributed by atoms with Gasteiger partial charge in [0.15, 0.2) is 11.6 Å². The molecular formula is C26H36ClN5O2. The van der Waals surface area contributed by atoms with Crippen molar-refractivity contribution in [2.45, 2.75) is 59.7 Å². The first-order valence-electron chi connectivity index (χ1n) is 11.8. The minimum absolute atomic E-state index is 0.192. The molecule has 0 saturated carbocycles. The minimum Gasteiger partial charge on any atom is -0.475 e. The minimum atomic E-state index is 0.192. The standard InChI is InChI=1S/C21H26ClN5O2.C5H10/c1-12(2)16-10-29-21(23-16)13(3)18-9-27-19(11-28-5)24-25-20(27)15-8-14(22)6-7-17(15)26(18)4;1-3-5-4-2/h6-8,12,16H,9-11H2,1-5H3;3H,1,4-5H2,2H3/b18-13+;.